The predicted molar refractivity (Wildman–Crippen MR) is 99.6 cm³/mol. The third kappa shape index (κ3) is 2.54. The van der Waals surface area contributed by atoms with Gasteiger partial charge in [0, 0.05) is 5.92 Å². The molecular weight excluding hydrogens is 264 g/mol. The minimum Gasteiger partial charge on any atom is -0.0683 e. The largest absolute Gasteiger partial charge is 0.0683 e. The molecule has 0 aromatic heterocycles. The molecule has 0 heterocycles. The van der Waals surface area contributed by atoms with E-state index in [1.807, 2.05) is 27.7 Å². The van der Waals surface area contributed by atoms with E-state index in [-0.39, 0.29) is 0 Å². The standard InChI is InChI=1S/C18H14.2C2H6/c1-12-14-7-4-5-9-17(14)18-15(12)11-10-13-6-2-3-8-16(13)18;2*1-2/h2-12H,1H3;2*1-2H3. The molecule has 0 heteroatoms. The molecule has 0 radical (unpaired) electrons. The summed E-state index contributed by atoms with van der Waals surface area (Å²) >= 11 is 0. The van der Waals surface area contributed by atoms with E-state index in [0.717, 1.165) is 0 Å². The van der Waals surface area contributed by atoms with Crippen molar-refractivity contribution in [2.45, 2.75) is 40.5 Å². The van der Waals surface area contributed by atoms with Gasteiger partial charge in [-0.2, -0.15) is 0 Å². The molecule has 4 rings (SSSR count). The van der Waals surface area contributed by atoms with Crippen molar-refractivity contribution in [1.29, 1.82) is 0 Å². The maximum Gasteiger partial charge on any atom is 0.00735 e. The van der Waals surface area contributed by atoms with Crippen molar-refractivity contribution < 1.29 is 0 Å². The van der Waals surface area contributed by atoms with Gasteiger partial charge in [0.05, 0.1) is 0 Å². The highest BCUT2D eigenvalue weighted by Crippen LogP contribution is 2.47. The molecule has 0 amide bonds. The molecule has 22 heavy (non-hydrogen) atoms. The minimum absolute atomic E-state index is 0.515. The molecule has 1 aliphatic rings. The summed E-state index contributed by atoms with van der Waals surface area (Å²) in [4.78, 5) is 0. The van der Waals surface area contributed by atoms with E-state index in [2.05, 4.69) is 67.6 Å². The lowest BCUT2D eigenvalue weighted by molar-refractivity contribution is 0.958. The van der Waals surface area contributed by atoms with Crippen molar-refractivity contribution in [3.8, 4) is 11.1 Å². The molecule has 0 aliphatic heterocycles. The second-order valence-electron chi connectivity index (χ2n) is 5.06. The van der Waals surface area contributed by atoms with Crippen molar-refractivity contribution in [3.63, 3.8) is 0 Å². The van der Waals surface area contributed by atoms with Crippen LogP contribution in [0.25, 0.3) is 21.9 Å². The zero-order chi connectivity index (χ0) is 16.1. The molecule has 0 saturated carbocycles. The monoisotopic (exact) mass is 290 g/mol. The van der Waals surface area contributed by atoms with Gasteiger partial charge in [0.15, 0.2) is 0 Å². The Morgan fingerprint density at radius 3 is 2.05 bits per heavy atom. The van der Waals surface area contributed by atoms with Crippen LogP contribution in [0.5, 0.6) is 0 Å². The fourth-order valence-electron chi connectivity index (χ4n) is 3.22. The van der Waals surface area contributed by atoms with Crippen LogP contribution in [0, 0.1) is 0 Å². The molecule has 3 aromatic rings. The fourth-order valence-corrected chi connectivity index (χ4v) is 3.22. The molecule has 0 bridgehead atoms. The second kappa shape index (κ2) is 7.26. The number of rotatable bonds is 0. The molecule has 0 fully saturated rings. The van der Waals surface area contributed by atoms with Crippen LogP contribution in [0.2, 0.25) is 0 Å². The van der Waals surface area contributed by atoms with Gasteiger partial charge in [-0.25, -0.2) is 0 Å². The summed E-state index contributed by atoms with van der Waals surface area (Å²) < 4.78 is 0. The first-order valence-corrected chi connectivity index (χ1v) is 8.47. The fraction of sp³-hybridized carbons (Fsp3) is 0.273. The topological polar surface area (TPSA) is 0 Å². The Morgan fingerprint density at radius 2 is 1.27 bits per heavy atom. The van der Waals surface area contributed by atoms with Gasteiger partial charge < -0.3 is 0 Å². The Morgan fingerprint density at radius 1 is 0.636 bits per heavy atom. The highest BCUT2D eigenvalue weighted by molar-refractivity contribution is 6.01. The van der Waals surface area contributed by atoms with Crippen LogP contribution >= 0.6 is 0 Å². The number of hydrogen-bond donors (Lipinski definition) is 0. The van der Waals surface area contributed by atoms with Crippen LogP contribution in [0.3, 0.4) is 0 Å². The average Bonchev–Trinajstić information content (AvgIpc) is 2.92. The van der Waals surface area contributed by atoms with E-state index < -0.39 is 0 Å². The summed E-state index contributed by atoms with van der Waals surface area (Å²) in [7, 11) is 0. The average molecular weight is 290 g/mol. The summed E-state index contributed by atoms with van der Waals surface area (Å²) in [6.45, 7) is 10.3. The van der Waals surface area contributed by atoms with E-state index in [1.54, 1.807) is 0 Å². The first-order chi connectivity index (χ1) is 10.9. The lowest BCUT2D eigenvalue weighted by atomic mass is 9.96. The quantitative estimate of drug-likeness (QED) is 0.417. The smallest absolute Gasteiger partial charge is 0.00735 e. The normalized spacial score (nSPS) is 14.1. The Kier molecular flexibility index (Phi) is 5.38. The second-order valence-corrected chi connectivity index (χ2v) is 5.06. The van der Waals surface area contributed by atoms with Gasteiger partial charge in [-0.15, -0.1) is 0 Å². The molecule has 3 aromatic carbocycles. The van der Waals surface area contributed by atoms with Crippen LogP contribution in [0.4, 0.5) is 0 Å². The molecule has 0 saturated heterocycles. The Bertz CT molecular complexity index is 753. The summed E-state index contributed by atoms with van der Waals surface area (Å²) in [5, 5.41) is 2.71. The van der Waals surface area contributed by atoms with Crippen molar-refractivity contribution in [2.75, 3.05) is 0 Å². The van der Waals surface area contributed by atoms with Crippen LogP contribution in [0.15, 0.2) is 60.7 Å². The zero-order valence-corrected chi connectivity index (χ0v) is 14.4. The third-order valence-electron chi connectivity index (χ3n) is 4.12. The van der Waals surface area contributed by atoms with E-state index in [4.69, 9.17) is 0 Å². The highest BCUT2D eigenvalue weighted by Gasteiger charge is 2.26. The molecular formula is C22H26. The first-order valence-electron chi connectivity index (χ1n) is 8.47. The van der Waals surface area contributed by atoms with E-state index in [9.17, 15) is 0 Å². The molecule has 0 N–H and O–H groups in total. The molecule has 0 spiro atoms. The molecule has 1 atom stereocenters. The van der Waals surface area contributed by atoms with Crippen molar-refractivity contribution in [2.24, 2.45) is 0 Å². The number of fused-ring (bicyclic) bond motifs is 5. The van der Waals surface area contributed by atoms with Gasteiger partial charge in [0.2, 0.25) is 0 Å². The van der Waals surface area contributed by atoms with Gasteiger partial charge >= 0.3 is 0 Å². The van der Waals surface area contributed by atoms with Crippen LogP contribution in [-0.4, -0.2) is 0 Å². The molecule has 0 nitrogen and oxygen atoms in total. The van der Waals surface area contributed by atoms with Gasteiger partial charge in [-0.3, -0.25) is 0 Å². The van der Waals surface area contributed by atoms with Gasteiger partial charge in [0.1, 0.15) is 0 Å². The van der Waals surface area contributed by atoms with Gasteiger partial charge in [-0.1, -0.05) is 95.3 Å². The predicted octanol–water partition coefficient (Wildman–Crippen LogP) is 7.02. The van der Waals surface area contributed by atoms with Crippen molar-refractivity contribution in [1.82, 2.24) is 0 Å². The van der Waals surface area contributed by atoms with Crippen LogP contribution < -0.4 is 0 Å². The molecule has 114 valence electrons. The summed E-state index contributed by atoms with van der Waals surface area (Å²) in [5.41, 5.74) is 5.78. The Hall–Kier alpha value is -2.08. The van der Waals surface area contributed by atoms with Crippen molar-refractivity contribution >= 4 is 10.8 Å². The lowest BCUT2D eigenvalue weighted by Gasteiger charge is -2.08. The summed E-state index contributed by atoms with van der Waals surface area (Å²) in [6, 6.07) is 22.0. The SMILES string of the molecule is CC.CC.CC1c2ccccc2-c2c1ccc1ccccc21. The first kappa shape index (κ1) is 16.3. The van der Waals surface area contributed by atoms with E-state index in [0.29, 0.717) is 5.92 Å². The maximum absolute atomic E-state index is 2.30. The zero-order valence-electron chi connectivity index (χ0n) is 14.4. The van der Waals surface area contributed by atoms with Crippen LogP contribution in [-0.2, 0) is 0 Å². The van der Waals surface area contributed by atoms with Crippen molar-refractivity contribution in [3.05, 3.63) is 71.8 Å². The van der Waals surface area contributed by atoms with Gasteiger partial charge in [-0.05, 0) is 33.0 Å². The molecule has 1 unspecified atom stereocenters. The Balaban J connectivity index is 0.000000410. The molecule has 1 aliphatic carbocycles. The highest BCUT2D eigenvalue weighted by atomic mass is 14.3. The van der Waals surface area contributed by atoms with Gasteiger partial charge in [0.25, 0.3) is 0 Å². The summed E-state index contributed by atoms with van der Waals surface area (Å²) in [6.07, 6.45) is 0. The number of benzene rings is 3. The van der Waals surface area contributed by atoms with E-state index >= 15 is 0 Å². The summed E-state index contributed by atoms with van der Waals surface area (Å²) in [5.74, 6) is 0.515. The van der Waals surface area contributed by atoms with E-state index in [1.165, 1.54) is 33.0 Å². The minimum atomic E-state index is 0.515. The Labute approximate surface area is 134 Å². The van der Waals surface area contributed by atoms with Crippen LogP contribution in [0.1, 0.15) is 51.7 Å². The lowest BCUT2D eigenvalue weighted by Crippen LogP contribution is -1.88. The third-order valence-corrected chi connectivity index (χ3v) is 4.12. The number of hydrogen-bond acceptors (Lipinski definition) is 0. The maximum atomic E-state index is 2.30.